The first-order chi connectivity index (χ1) is 6.78. The van der Waals surface area contributed by atoms with E-state index in [0.717, 1.165) is 25.7 Å². The standard InChI is InChI=1S/C12H24O3/c1-11(2,15)10(14)9-4-6-12(3,8-13)7-5-9/h9-10,13-15H,4-8H2,1-3H3. The van der Waals surface area contributed by atoms with Crippen molar-refractivity contribution in [3.8, 4) is 0 Å². The van der Waals surface area contributed by atoms with Crippen molar-refractivity contribution in [1.82, 2.24) is 0 Å². The minimum absolute atomic E-state index is 0.0236. The number of hydrogen-bond donors (Lipinski definition) is 3. The van der Waals surface area contributed by atoms with E-state index in [1.807, 2.05) is 0 Å². The molecule has 0 aromatic carbocycles. The molecule has 1 atom stereocenters. The van der Waals surface area contributed by atoms with Crippen LogP contribution in [-0.4, -0.2) is 33.6 Å². The van der Waals surface area contributed by atoms with Crippen molar-refractivity contribution in [2.75, 3.05) is 6.61 Å². The summed E-state index contributed by atoms with van der Waals surface area (Å²) in [4.78, 5) is 0. The molecule has 0 aliphatic heterocycles. The summed E-state index contributed by atoms with van der Waals surface area (Å²) in [6.45, 7) is 5.60. The lowest BCUT2D eigenvalue weighted by Crippen LogP contribution is -2.44. The van der Waals surface area contributed by atoms with E-state index in [2.05, 4.69) is 6.92 Å². The highest BCUT2D eigenvalue weighted by Crippen LogP contribution is 2.40. The zero-order valence-electron chi connectivity index (χ0n) is 10.0. The summed E-state index contributed by atoms with van der Waals surface area (Å²) < 4.78 is 0. The van der Waals surface area contributed by atoms with Crippen molar-refractivity contribution in [1.29, 1.82) is 0 Å². The number of aliphatic hydroxyl groups excluding tert-OH is 2. The van der Waals surface area contributed by atoms with E-state index in [1.165, 1.54) is 0 Å². The monoisotopic (exact) mass is 216 g/mol. The van der Waals surface area contributed by atoms with Gasteiger partial charge in [0.05, 0.1) is 11.7 Å². The minimum Gasteiger partial charge on any atom is -0.396 e. The minimum atomic E-state index is -1.02. The summed E-state index contributed by atoms with van der Waals surface area (Å²) >= 11 is 0. The third kappa shape index (κ3) is 3.16. The van der Waals surface area contributed by atoms with Crippen molar-refractivity contribution in [2.45, 2.75) is 58.2 Å². The van der Waals surface area contributed by atoms with Crippen molar-refractivity contribution >= 4 is 0 Å². The van der Waals surface area contributed by atoms with Gasteiger partial charge < -0.3 is 15.3 Å². The number of aliphatic hydroxyl groups is 3. The van der Waals surface area contributed by atoms with Crippen molar-refractivity contribution < 1.29 is 15.3 Å². The Hall–Kier alpha value is -0.120. The molecular formula is C12H24O3. The molecule has 1 aliphatic rings. The number of rotatable bonds is 3. The maximum atomic E-state index is 9.94. The van der Waals surface area contributed by atoms with Gasteiger partial charge in [0.15, 0.2) is 0 Å². The summed E-state index contributed by atoms with van der Waals surface area (Å²) in [5, 5.41) is 28.9. The molecule has 0 aromatic rings. The molecule has 3 nitrogen and oxygen atoms in total. The topological polar surface area (TPSA) is 60.7 Å². The van der Waals surface area contributed by atoms with Gasteiger partial charge in [-0.15, -0.1) is 0 Å². The van der Waals surface area contributed by atoms with Gasteiger partial charge in [0, 0.05) is 6.61 Å². The zero-order valence-corrected chi connectivity index (χ0v) is 10.0. The first-order valence-electron chi connectivity index (χ1n) is 5.80. The fourth-order valence-electron chi connectivity index (χ4n) is 2.39. The molecule has 15 heavy (non-hydrogen) atoms. The Bertz CT molecular complexity index is 199. The Labute approximate surface area is 92.1 Å². The van der Waals surface area contributed by atoms with Gasteiger partial charge >= 0.3 is 0 Å². The van der Waals surface area contributed by atoms with Crippen LogP contribution >= 0.6 is 0 Å². The first kappa shape index (κ1) is 12.9. The second-order valence-electron chi connectivity index (χ2n) is 5.90. The van der Waals surface area contributed by atoms with Gasteiger partial charge in [-0.2, -0.15) is 0 Å². The van der Waals surface area contributed by atoms with E-state index in [1.54, 1.807) is 13.8 Å². The fraction of sp³-hybridized carbons (Fsp3) is 1.00. The highest BCUT2D eigenvalue weighted by atomic mass is 16.3. The SMILES string of the molecule is CC1(CO)CCC(C(O)C(C)(C)O)CC1. The van der Waals surface area contributed by atoms with Gasteiger partial charge in [-0.3, -0.25) is 0 Å². The highest BCUT2D eigenvalue weighted by molar-refractivity contribution is 4.89. The molecule has 1 rings (SSSR count). The summed E-state index contributed by atoms with van der Waals surface area (Å²) in [6.07, 6.45) is 2.99. The predicted molar refractivity (Wildman–Crippen MR) is 59.5 cm³/mol. The van der Waals surface area contributed by atoms with E-state index in [-0.39, 0.29) is 17.9 Å². The molecular weight excluding hydrogens is 192 g/mol. The third-order valence-electron chi connectivity index (χ3n) is 3.79. The van der Waals surface area contributed by atoms with E-state index >= 15 is 0 Å². The van der Waals surface area contributed by atoms with E-state index in [4.69, 9.17) is 0 Å². The quantitative estimate of drug-likeness (QED) is 0.666. The molecule has 1 aliphatic carbocycles. The summed E-state index contributed by atoms with van der Waals surface area (Å²) in [7, 11) is 0. The van der Waals surface area contributed by atoms with Gasteiger partial charge in [-0.25, -0.2) is 0 Å². The molecule has 3 N–H and O–H groups in total. The second-order valence-corrected chi connectivity index (χ2v) is 5.90. The van der Waals surface area contributed by atoms with Crippen molar-refractivity contribution in [3.63, 3.8) is 0 Å². The molecule has 0 radical (unpaired) electrons. The highest BCUT2D eigenvalue weighted by Gasteiger charge is 2.38. The van der Waals surface area contributed by atoms with E-state index in [9.17, 15) is 15.3 Å². The van der Waals surface area contributed by atoms with Gasteiger partial charge in [-0.05, 0) is 50.9 Å². The molecule has 1 fully saturated rings. The van der Waals surface area contributed by atoms with Crippen LogP contribution in [0.15, 0.2) is 0 Å². The Kier molecular flexibility index (Phi) is 3.80. The summed E-state index contributed by atoms with van der Waals surface area (Å²) in [6, 6.07) is 0. The van der Waals surface area contributed by atoms with Crippen molar-refractivity contribution in [3.05, 3.63) is 0 Å². The van der Waals surface area contributed by atoms with Crippen LogP contribution in [0.3, 0.4) is 0 Å². The average molecular weight is 216 g/mol. The Morgan fingerprint density at radius 3 is 2.13 bits per heavy atom. The van der Waals surface area contributed by atoms with E-state index < -0.39 is 11.7 Å². The lowest BCUT2D eigenvalue weighted by molar-refractivity contribution is -0.0920. The van der Waals surface area contributed by atoms with Crippen molar-refractivity contribution in [2.24, 2.45) is 11.3 Å². The number of hydrogen-bond acceptors (Lipinski definition) is 3. The molecule has 0 bridgehead atoms. The molecule has 3 heteroatoms. The Morgan fingerprint density at radius 2 is 1.80 bits per heavy atom. The van der Waals surface area contributed by atoms with E-state index in [0.29, 0.717) is 0 Å². The smallest absolute Gasteiger partial charge is 0.0852 e. The predicted octanol–water partition coefficient (Wildman–Crippen LogP) is 1.31. The second kappa shape index (κ2) is 4.40. The van der Waals surface area contributed by atoms with Crippen LogP contribution < -0.4 is 0 Å². The fourth-order valence-corrected chi connectivity index (χ4v) is 2.39. The molecule has 1 unspecified atom stereocenters. The van der Waals surface area contributed by atoms with Crippen LogP contribution in [0.2, 0.25) is 0 Å². The van der Waals surface area contributed by atoms with Crippen LogP contribution in [0.25, 0.3) is 0 Å². The Balaban J connectivity index is 2.51. The molecule has 0 amide bonds. The first-order valence-corrected chi connectivity index (χ1v) is 5.80. The molecule has 0 saturated heterocycles. The summed E-state index contributed by atoms with van der Waals surface area (Å²) in [5.41, 5.74) is -0.993. The maximum absolute atomic E-state index is 9.94. The van der Waals surface area contributed by atoms with Gasteiger partial charge in [0.25, 0.3) is 0 Å². The lowest BCUT2D eigenvalue weighted by Gasteiger charge is -2.40. The van der Waals surface area contributed by atoms with Gasteiger partial charge in [0.2, 0.25) is 0 Å². The van der Waals surface area contributed by atoms with Crippen LogP contribution in [0, 0.1) is 11.3 Å². The Morgan fingerprint density at radius 1 is 1.33 bits per heavy atom. The normalized spacial score (nSPS) is 35.2. The zero-order chi connectivity index (χ0) is 11.7. The van der Waals surface area contributed by atoms with Gasteiger partial charge in [-0.1, -0.05) is 6.92 Å². The van der Waals surface area contributed by atoms with Crippen LogP contribution in [0.1, 0.15) is 46.5 Å². The van der Waals surface area contributed by atoms with Crippen LogP contribution in [-0.2, 0) is 0 Å². The largest absolute Gasteiger partial charge is 0.396 e. The van der Waals surface area contributed by atoms with Crippen LogP contribution in [0.5, 0.6) is 0 Å². The van der Waals surface area contributed by atoms with Gasteiger partial charge in [0.1, 0.15) is 0 Å². The molecule has 0 heterocycles. The summed E-state index contributed by atoms with van der Waals surface area (Å²) in [5.74, 6) is 0.171. The molecule has 1 saturated carbocycles. The molecule has 0 aromatic heterocycles. The third-order valence-corrected chi connectivity index (χ3v) is 3.79. The molecule has 0 spiro atoms. The maximum Gasteiger partial charge on any atom is 0.0852 e. The molecule has 90 valence electrons. The average Bonchev–Trinajstić information content (AvgIpc) is 2.17. The lowest BCUT2D eigenvalue weighted by atomic mass is 9.69. The van der Waals surface area contributed by atoms with Crippen LogP contribution in [0.4, 0.5) is 0 Å².